The van der Waals surface area contributed by atoms with Crippen LogP contribution in [0.25, 0.3) is 11.4 Å². The Morgan fingerprint density at radius 1 is 1.31 bits per heavy atom. The molecule has 0 bridgehead atoms. The SMILES string of the molecule is COc1ccc(-c2n[nH]c(=S)n2CC(=O)NCCCCN2CCCCC2C)cc1. The molecule has 1 aromatic heterocycles. The van der Waals surface area contributed by atoms with Gasteiger partial charge >= 0.3 is 0 Å². The van der Waals surface area contributed by atoms with Gasteiger partial charge in [-0.05, 0) is 82.2 Å². The number of H-pyrrole nitrogens is 1. The third-order valence-corrected chi connectivity index (χ3v) is 5.85. The van der Waals surface area contributed by atoms with Crippen LogP contribution in [0.5, 0.6) is 5.75 Å². The summed E-state index contributed by atoms with van der Waals surface area (Å²) in [5, 5.41) is 10.1. The van der Waals surface area contributed by atoms with Crippen molar-refractivity contribution in [3.8, 4) is 17.1 Å². The van der Waals surface area contributed by atoms with E-state index in [-0.39, 0.29) is 12.5 Å². The van der Waals surface area contributed by atoms with Crippen molar-refractivity contribution in [2.24, 2.45) is 0 Å². The molecule has 1 saturated heterocycles. The van der Waals surface area contributed by atoms with Crippen LogP contribution in [0.4, 0.5) is 0 Å². The largest absolute Gasteiger partial charge is 0.497 e. The van der Waals surface area contributed by atoms with Gasteiger partial charge in [-0.1, -0.05) is 6.42 Å². The van der Waals surface area contributed by atoms with Crippen LogP contribution >= 0.6 is 12.2 Å². The van der Waals surface area contributed by atoms with Crippen molar-refractivity contribution in [2.75, 3.05) is 26.7 Å². The number of piperidine rings is 1. The Balaban J connectivity index is 1.47. The van der Waals surface area contributed by atoms with Gasteiger partial charge < -0.3 is 15.0 Å². The Bertz CT molecular complexity index is 846. The first-order chi connectivity index (χ1) is 14.1. The molecule has 1 fully saturated rings. The molecule has 1 aliphatic heterocycles. The van der Waals surface area contributed by atoms with Gasteiger partial charge in [-0.3, -0.25) is 14.5 Å². The van der Waals surface area contributed by atoms with Crippen molar-refractivity contribution < 1.29 is 9.53 Å². The standard InChI is InChI=1S/C21H31N5O2S/c1-16-7-3-5-13-25(16)14-6-4-12-22-19(27)15-26-20(23-24-21(26)29)17-8-10-18(28-2)11-9-17/h8-11,16H,3-7,12-15H2,1-2H3,(H,22,27)(H,24,29). The van der Waals surface area contributed by atoms with Crippen LogP contribution in [0.1, 0.15) is 39.0 Å². The molecule has 0 spiro atoms. The Morgan fingerprint density at radius 3 is 2.83 bits per heavy atom. The van der Waals surface area contributed by atoms with Gasteiger partial charge in [0.2, 0.25) is 5.91 Å². The molecule has 1 atom stereocenters. The fourth-order valence-electron chi connectivity index (χ4n) is 3.78. The summed E-state index contributed by atoms with van der Waals surface area (Å²) in [6.45, 7) is 5.48. The molecule has 0 radical (unpaired) electrons. The number of carbonyl (C=O) groups is 1. The molecule has 29 heavy (non-hydrogen) atoms. The summed E-state index contributed by atoms with van der Waals surface area (Å²) in [6.07, 6.45) is 6.05. The predicted octanol–water partition coefficient (Wildman–Crippen LogP) is 3.39. The van der Waals surface area contributed by atoms with E-state index >= 15 is 0 Å². The smallest absolute Gasteiger partial charge is 0.240 e. The van der Waals surface area contributed by atoms with Gasteiger partial charge in [0.25, 0.3) is 0 Å². The van der Waals surface area contributed by atoms with E-state index < -0.39 is 0 Å². The summed E-state index contributed by atoms with van der Waals surface area (Å²) in [4.78, 5) is 15.0. The highest BCUT2D eigenvalue weighted by Gasteiger charge is 2.17. The number of carbonyl (C=O) groups excluding carboxylic acids is 1. The topological polar surface area (TPSA) is 75.2 Å². The predicted molar refractivity (Wildman–Crippen MR) is 117 cm³/mol. The van der Waals surface area contributed by atoms with Gasteiger partial charge in [-0.15, -0.1) is 0 Å². The zero-order valence-corrected chi connectivity index (χ0v) is 18.1. The summed E-state index contributed by atoms with van der Waals surface area (Å²) in [7, 11) is 1.63. The molecule has 0 aliphatic carbocycles. The summed E-state index contributed by atoms with van der Waals surface area (Å²) in [6, 6.07) is 8.22. The van der Waals surface area contributed by atoms with Crippen LogP contribution in [-0.2, 0) is 11.3 Å². The van der Waals surface area contributed by atoms with Crippen LogP contribution in [0.2, 0.25) is 0 Å². The number of rotatable bonds is 9. The number of aromatic amines is 1. The van der Waals surface area contributed by atoms with E-state index in [1.165, 1.54) is 25.8 Å². The molecule has 8 heteroatoms. The Kier molecular flexibility index (Phi) is 7.83. The minimum absolute atomic E-state index is 0.0522. The molecule has 3 rings (SSSR count). The zero-order chi connectivity index (χ0) is 20.6. The second-order valence-electron chi connectivity index (χ2n) is 7.60. The van der Waals surface area contributed by atoms with Gasteiger partial charge in [-0.25, -0.2) is 0 Å². The lowest BCUT2D eigenvalue weighted by Gasteiger charge is -2.33. The lowest BCUT2D eigenvalue weighted by Crippen LogP contribution is -2.38. The highest BCUT2D eigenvalue weighted by Crippen LogP contribution is 2.21. The van der Waals surface area contributed by atoms with E-state index in [0.717, 1.165) is 30.7 Å². The number of methoxy groups -OCH3 is 1. The highest BCUT2D eigenvalue weighted by molar-refractivity contribution is 7.71. The van der Waals surface area contributed by atoms with Crippen LogP contribution in [-0.4, -0.2) is 58.4 Å². The number of aromatic nitrogens is 3. The van der Waals surface area contributed by atoms with E-state index in [2.05, 4.69) is 27.3 Å². The highest BCUT2D eigenvalue weighted by atomic mass is 32.1. The molecule has 2 N–H and O–H groups in total. The summed E-state index contributed by atoms with van der Waals surface area (Å²) < 4.78 is 7.35. The summed E-state index contributed by atoms with van der Waals surface area (Å²) in [5.74, 6) is 1.36. The maximum absolute atomic E-state index is 12.4. The molecular formula is C21H31N5O2S. The lowest BCUT2D eigenvalue weighted by atomic mass is 10.0. The van der Waals surface area contributed by atoms with Gasteiger partial charge in [0.05, 0.1) is 7.11 Å². The number of hydrogen-bond acceptors (Lipinski definition) is 5. The number of likely N-dealkylation sites (tertiary alicyclic amines) is 1. The molecular weight excluding hydrogens is 386 g/mol. The molecule has 2 aromatic rings. The number of hydrogen-bond donors (Lipinski definition) is 2. The number of amides is 1. The molecule has 158 valence electrons. The van der Waals surface area contributed by atoms with Crippen molar-refractivity contribution in [3.63, 3.8) is 0 Å². The Hall–Kier alpha value is -2.19. The van der Waals surface area contributed by atoms with Gasteiger partial charge in [-0.2, -0.15) is 5.10 Å². The molecule has 1 amide bonds. The summed E-state index contributed by atoms with van der Waals surface area (Å²) in [5.41, 5.74) is 0.876. The molecule has 1 unspecified atom stereocenters. The zero-order valence-electron chi connectivity index (χ0n) is 17.3. The van der Waals surface area contributed by atoms with Crippen LogP contribution in [0, 0.1) is 4.77 Å². The average Bonchev–Trinajstić information content (AvgIpc) is 3.09. The minimum Gasteiger partial charge on any atom is -0.497 e. The number of unbranched alkanes of at least 4 members (excludes halogenated alkanes) is 1. The van der Waals surface area contributed by atoms with Crippen molar-refractivity contribution >= 4 is 18.1 Å². The monoisotopic (exact) mass is 417 g/mol. The van der Waals surface area contributed by atoms with E-state index in [1.807, 2.05) is 24.3 Å². The van der Waals surface area contributed by atoms with Gasteiger partial charge in [0.1, 0.15) is 12.3 Å². The maximum Gasteiger partial charge on any atom is 0.240 e. The van der Waals surface area contributed by atoms with Crippen LogP contribution < -0.4 is 10.1 Å². The quantitative estimate of drug-likeness (QED) is 0.483. The third kappa shape index (κ3) is 5.90. The number of benzene rings is 1. The minimum atomic E-state index is -0.0522. The Morgan fingerprint density at radius 2 is 2.10 bits per heavy atom. The average molecular weight is 418 g/mol. The van der Waals surface area contributed by atoms with Crippen molar-refractivity contribution in [1.82, 2.24) is 25.0 Å². The lowest BCUT2D eigenvalue weighted by molar-refractivity contribution is -0.121. The van der Waals surface area contributed by atoms with Crippen LogP contribution in [0.15, 0.2) is 24.3 Å². The van der Waals surface area contributed by atoms with Crippen molar-refractivity contribution in [3.05, 3.63) is 29.0 Å². The van der Waals surface area contributed by atoms with E-state index in [4.69, 9.17) is 17.0 Å². The fourth-order valence-corrected chi connectivity index (χ4v) is 3.98. The molecule has 1 aromatic carbocycles. The molecule has 7 nitrogen and oxygen atoms in total. The van der Waals surface area contributed by atoms with E-state index in [0.29, 0.717) is 23.2 Å². The van der Waals surface area contributed by atoms with E-state index in [1.54, 1.807) is 11.7 Å². The molecule has 2 heterocycles. The second-order valence-corrected chi connectivity index (χ2v) is 7.99. The maximum atomic E-state index is 12.4. The Labute approximate surface area is 177 Å². The second kappa shape index (κ2) is 10.5. The third-order valence-electron chi connectivity index (χ3n) is 5.54. The molecule has 0 saturated carbocycles. The van der Waals surface area contributed by atoms with Crippen LogP contribution in [0.3, 0.4) is 0 Å². The summed E-state index contributed by atoms with van der Waals surface area (Å²) >= 11 is 5.31. The normalized spacial score (nSPS) is 17.2. The first-order valence-electron chi connectivity index (χ1n) is 10.4. The number of nitrogens with one attached hydrogen (secondary N) is 2. The first kappa shape index (κ1) is 21.5. The van der Waals surface area contributed by atoms with E-state index in [9.17, 15) is 4.79 Å². The fraction of sp³-hybridized carbons (Fsp3) is 0.571. The van der Waals surface area contributed by atoms with Crippen molar-refractivity contribution in [1.29, 1.82) is 0 Å². The van der Waals surface area contributed by atoms with Crippen molar-refractivity contribution in [2.45, 2.75) is 51.6 Å². The number of nitrogens with zero attached hydrogens (tertiary/aromatic N) is 3. The van der Waals surface area contributed by atoms with Gasteiger partial charge in [0.15, 0.2) is 10.6 Å². The first-order valence-corrected chi connectivity index (χ1v) is 10.8. The van der Waals surface area contributed by atoms with Gasteiger partial charge in [0, 0.05) is 18.2 Å². The molecule has 1 aliphatic rings. The number of ether oxygens (including phenoxy) is 1.